The molecule has 10 nitrogen and oxygen atoms in total. The Hall–Kier alpha value is -4.52. The van der Waals surface area contributed by atoms with Crippen LogP contribution in [-0.4, -0.2) is 31.1 Å². The molecular formula is C20H17N9O. The van der Waals surface area contributed by atoms with Crippen molar-refractivity contribution in [2.24, 2.45) is 10.8 Å². The van der Waals surface area contributed by atoms with Crippen LogP contribution < -0.4 is 16.7 Å². The number of benzene rings is 2. The standard InChI is InChI=1S/C20H17N9O/c1-2-28-17-10-13(24-25-16(11-21)19(22)23)8-7-12(17)9-18(20(28)30)29-26-14-5-3-4-6-15(14)27-29/h3-10,24H,2H2,1H3,(H3,22,23)/b25-16+. The molecule has 0 fully saturated rings. The van der Waals surface area contributed by atoms with Gasteiger partial charge in [-0.2, -0.15) is 10.4 Å². The maximum absolute atomic E-state index is 13.1. The number of nitrogens with two attached hydrogens (primary N) is 1. The van der Waals surface area contributed by atoms with Gasteiger partial charge >= 0.3 is 0 Å². The molecule has 10 heteroatoms. The van der Waals surface area contributed by atoms with E-state index in [1.54, 1.807) is 28.8 Å². The molecule has 0 spiro atoms. The lowest BCUT2D eigenvalue weighted by Crippen LogP contribution is -2.25. The van der Waals surface area contributed by atoms with Crippen LogP contribution in [-0.2, 0) is 6.54 Å². The van der Waals surface area contributed by atoms with E-state index in [2.05, 4.69) is 20.7 Å². The molecule has 0 aliphatic heterocycles. The number of amidine groups is 1. The highest BCUT2D eigenvalue weighted by Gasteiger charge is 2.13. The van der Waals surface area contributed by atoms with Gasteiger partial charge in [-0.15, -0.1) is 15.0 Å². The lowest BCUT2D eigenvalue weighted by molar-refractivity contribution is 0.708. The van der Waals surface area contributed by atoms with E-state index in [0.29, 0.717) is 34.5 Å². The van der Waals surface area contributed by atoms with Gasteiger partial charge in [-0.1, -0.05) is 18.2 Å². The maximum atomic E-state index is 13.1. The van der Waals surface area contributed by atoms with Crippen LogP contribution in [0.1, 0.15) is 6.92 Å². The third-order valence-corrected chi connectivity index (χ3v) is 4.55. The molecule has 4 rings (SSSR count). The predicted molar refractivity (Wildman–Crippen MR) is 115 cm³/mol. The summed E-state index contributed by atoms with van der Waals surface area (Å²) in [7, 11) is 0. The summed E-state index contributed by atoms with van der Waals surface area (Å²) in [5.74, 6) is -0.431. The normalized spacial score (nSPS) is 11.5. The molecule has 2 aromatic heterocycles. The number of hydrogen-bond donors (Lipinski definition) is 3. The van der Waals surface area contributed by atoms with Crippen LogP contribution in [0.5, 0.6) is 0 Å². The number of aromatic nitrogens is 4. The summed E-state index contributed by atoms with van der Waals surface area (Å²) < 4.78 is 1.61. The average Bonchev–Trinajstić information content (AvgIpc) is 3.17. The van der Waals surface area contributed by atoms with E-state index in [9.17, 15) is 4.79 Å². The van der Waals surface area contributed by atoms with Gasteiger partial charge in [0.1, 0.15) is 17.1 Å². The average molecular weight is 399 g/mol. The molecule has 0 saturated carbocycles. The molecule has 4 N–H and O–H groups in total. The highest BCUT2D eigenvalue weighted by atomic mass is 16.1. The molecule has 0 radical (unpaired) electrons. The zero-order valence-electron chi connectivity index (χ0n) is 16.0. The molecule has 2 heterocycles. The van der Waals surface area contributed by atoms with E-state index in [4.69, 9.17) is 16.4 Å². The Bertz CT molecular complexity index is 1390. The van der Waals surface area contributed by atoms with E-state index in [-0.39, 0.29) is 11.3 Å². The summed E-state index contributed by atoms with van der Waals surface area (Å²) >= 11 is 0. The summed E-state index contributed by atoms with van der Waals surface area (Å²) in [6.45, 7) is 2.31. The van der Waals surface area contributed by atoms with Gasteiger partial charge in [0.2, 0.25) is 5.71 Å². The first-order chi connectivity index (χ1) is 14.5. The predicted octanol–water partition coefficient (Wildman–Crippen LogP) is 1.98. The van der Waals surface area contributed by atoms with Crippen molar-refractivity contribution in [3.63, 3.8) is 0 Å². The molecule has 0 bridgehead atoms. The number of fused-ring (bicyclic) bond motifs is 2. The van der Waals surface area contributed by atoms with Gasteiger partial charge in [-0.25, -0.2) is 0 Å². The van der Waals surface area contributed by atoms with Crippen molar-refractivity contribution in [2.75, 3.05) is 5.43 Å². The topological polar surface area (TPSA) is 151 Å². The van der Waals surface area contributed by atoms with Crippen LogP contribution in [0.15, 0.2) is 58.4 Å². The monoisotopic (exact) mass is 399 g/mol. The minimum Gasteiger partial charge on any atom is -0.382 e. The highest BCUT2D eigenvalue weighted by molar-refractivity contribution is 6.45. The number of nitrogens with one attached hydrogen (secondary N) is 2. The minimum absolute atomic E-state index is 0.227. The summed E-state index contributed by atoms with van der Waals surface area (Å²) in [6.07, 6.45) is 0. The summed E-state index contributed by atoms with van der Waals surface area (Å²) in [4.78, 5) is 14.5. The summed E-state index contributed by atoms with van der Waals surface area (Å²) in [5.41, 5.74) is 10.5. The fourth-order valence-electron chi connectivity index (χ4n) is 3.12. The first-order valence-corrected chi connectivity index (χ1v) is 9.10. The van der Waals surface area contributed by atoms with E-state index in [1.807, 2.05) is 37.3 Å². The van der Waals surface area contributed by atoms with Crippen molar-refractivity contribution in [1.29, 1.82) is 10.7 Å². The van der Waals surface area contributed by atoms with Gasteiger partial charge in [0.25, 0.3) is 5.56 Å². The van der Waals surface area contributed by atoms with Crippen LogP contribution in [0, 0.1) is 16.7 Å². The van der Waals surface area contributed by atoms with Crippen molar-refractivity contribution < 1.29 is 0 Å². The number of nitriles is 1. The Morgan fingerprint density at radius 1 is 1.23 bits per heavy atom. The van der Waals surface area contributed by atoms with Crippen LogP contribution in [0.25, 0.3) is 27.6 Å². The zero-order valence-corrected chi connectivity index (χ0v) is 16.0. The van der Waals surface area contributed by atoms with Crippen LogP contribution in [0.3, 0.4) is 0 Å². The van der Waals surface area contributed by atoms with E-state index in [0.717, 1.165) is 5.39 Å². The summed E-state index contributed by atoms with van der Waals surface area (Å²) in [6, 6.07) is 16.2. The number of hydrogen-bond acceptors (Lipinski definition) is 7. The van der Waals surface area contributed by atoms with Gasteiger partial charge in [0, 0.05) is 11.9 Å². The molecule has 0 aliphatic rings. The van der Waals surface area contributed by atoms with Crippen LogP contribution in [0.4, 0.5) is 5.69 Å². The van der Waals surface area contributed by atoms with Gasteiger partial charge in [0.05, 0.1) is 11.2 Å². The fourth-order valence-corrected chi connectivity index (χ4v) is 3.12. The first kappa shape index (κ1) is 18.8. The van der Waals surface area contributed by atoms with Crippen molar-refractivity contribution in [3.05, 3.63) is 58.9 Å². The largest absolute Gasteiger partial charge is 0.382 e. The second kappa shape index (κ2) is 7.48. The van der Waals surface area contributed by atoms with Gasteiger partial charge in [-0.05, 0) is 37.3 Å². The van der Waals surface area contributed by atoms with Crippen molar-refractivity contribution in [1.82, 2.24) is 19.6 Å². The lowest BCUT2D eigenvalue weighted by atomic mass is 10.2. The molecule has 4 aromatic rings. The van der Waals surface area contributed by atoms with Gasteiger partial charge < -0.3 is 10.3 Å². The second-order valence-corrected chi connectivity index (χ2v) is 6.43. The van der Waals surface area contributed by atoms with Crippen LogP contribution >= 0.6 is 0 Å². The Morgan fingerprint density at radius 3 is 2.53 bits per heavy atom. The van der Waals surface area contributed by atoms with Crippen molar-refractivity contribution in [3.8, 4) is 11.8 Å². The number of anilines is 1. The number of nitrogens with zero attached hydrogens (tertiary/aromatic N) is 6. The third-order valence-electron chi connectivity index (χ3n) is 4.55. The third kappa shape index (κ3) is 3.24. The Kier molecular flexibility index (Phi) is 4.69. The number of rotatable bonds is 5. The molecule has 2 aromatic carbocycles. The molecular weight excluding hydrogens is 382 g/mol. The molecule has 0 saturated heterocycles. The lowest BCUT2D eigenvalue weighted by Gasteiger charge is -2.12. The van der Waals surface area contributed by atoms with E-state index in [1.165, 1.54) is 4.80 Å². The minimum atomic E-state index is -0.431. The van der Waals surface area contributed by atoms with Crippen molar-refractivity contribution in [2.45, 2.75) is 13.5 Å². The number of pyridine rings is 1. The first-order valence-electron chi connectivity index (χ1n) is 9.10. The van der Waals surface area contributed by atoms with Gasteiger partial charge in [0.15, 0.2) is 11.5 Å². The molecule has 0 aliphatic carbocycles. The molecule has 30 heavy (non-hydrogen) atoms. The Labute approximate surface area is 170 Å². The van der Waals surface area contributed by atoms with Crippen LogP contribution in [0.2, 0.25) is 0 Å². The second-order valence-electron chi connectivity index (χ2n) is 6.43. The zero-order chi connectivity index (χ0) is 21.3. The smallest absolute Gasteiger partial charge is 0.278 e. The summed E-state index contributed by atoms with van der Waals surface area (Å²) in [5, 5.41) is 29.7. The molecule has 0 unspecified atom stereocenters. The van der Waals surface area contributed by atoms with E-state index >= 15 is 0 Å². The Balaban J connectivity index is 1.83. The fraction of sp³-hybridized carbons (Fsp3) is 0.100. The molecule has 0 atom stereocenters. The van der Waals surface area contributed by atoms with E-state index < -0.39 is 5.84 Å². The number of hydrazone groups is 1. The van der Waals surface area contributed by atoms with Crippen molar-refractivity contribution >= 4 is 39.2 Å². The quantitative estimate of drug-likeness (QED) is 0.265. The maximum Gasteiger partial charge on any atom is 0.278 e. The van der Waals surface area contributed by atoms with Gasteiger partial charge in [-0.3, -0.25) is 15.6 Å². The molecule has 148 valence electrons. The molecule has 0 amide bonds. The SMILES string of the molecule is CCn1c(=O)c(-n2nc3ccccc3n2)cc2ccc(N/N=C(\C#N)C(=N)N)cc21. The highest BCUT2D eigenvalue weighted by Crippen LogP contribution is 2.21. The number of aryl methyl sites for hydroxylation is 1. The Morgan fingerprint density at radius 2 is 1.93 bits per heavy atom.